The summed E-state index contributed by atoms with van der Waals surface area (Å²) in [6.07, 6.45) is 14.5. The first kappa shape index (κ1) is 56.6. The van der Waals surface area contributed by atoms with Crippen molar-refractivity contribution in [1.29, 1.82) is 0 Å². The van der Waals surface area contributed by atoms with Crippen molar-refractivity contribution < 1.29 is 66.8 Å². The second-order valence-electron chi connectivity index (χ2n) is 16.7. The van der Waals surface area contributed by atoms with E-state index >= 15 is 0 Å². The van der Waals surface area contributed by atoms with E-state index in [1.165, 1.54) is 64.2 Å². The van der Waals surface area contributed by atoms with Crippen molar-refractivity contribution >= 4 is 47.4 Å². The lowest BCUT2D eigenvalue weighted by molar-refractivity contribution is -0.165. The van der Waals surface area contributed by atoms with Gasteiger partial charge in [0.1, 0.15) is 36.6 Å². The number of ether oxygens (including phenoxy) is 6. The molecule has 0 aromatic carbocycles. The van der Waals surface area contributed by atoms with Crippen LogP contribution >= 0.6 is 0 Å². The summed E-state index contributed by atoms with van der Waals surface area (Å²) in [4.78, 5) is 102. The van der Waals surface area contributed by atoms with Gasteiger partial charge in [-0.05, 0) is 38.8 Å². The van der Waals surface area contributed by atoms with Gasteiger partial charge in [0.15, 0.2) is 11.6 Å². The van der Waals surface area contributed by atoms with Crippen LogP contribution in [-0.2, 0) is 66.8 Å². The molecule has 1 rings (SSSR count). The lowest BCUT2D eigenvalue weighted by Gasteiger charge is -2.35. The van der Waals surface area contributed by atoms with Crippen molar-refractivity contribution in [2.24, 2.45) is 47.3 Å². The number of ketones is 2. The SMILES string of the molecule is CC[C@H](/C=C/C(=O)[C@@H](C)[C@H](OC(C)=O)[C@H](C)[C@H]1OC(=O)/C=C/C=C/C(C)[C@@H]([C@@H](C)[C@@H](OC(C)=O)[C@H](C)C(=O)/C=C/[C@@H](CC)[C@@H](C)OC(C)=O)OC(=O)/C=C/C=C/C1C)[C@@H](C)OC(C)=O. The van der Waals surface area contributed by atoms with E-state index in [0.717, 1.165) is 0 Å². The van der Waals surface area contributed by atoms with Crippen molar-refractivity contribution in [2.75, 3.05) is 0 Å². The summed E-state index contributed by atoms with van der Waals surface area (Å²) in [7, 11) is 0. The van der Waals surface area contributed by atoms with Crippen molar-refractivity contribution in [3.63, 3.8) is 0 Å². The van der Waals surface area contributed by atoms with Gasteiger partial charge < -0.3 is 28.4 Å². The Bertz CT molecular complexity index is 1660. The number of carbonyl (C=O) groups excluding carboxylic acids is 8. The van der Waals surface area contributed by atoms with E-state index in [1.807, 2.05) is 13.8 Å². The van der Waals surface area contributed by atoms with Crippen LogP contribution in [0, 0.1) is 47.3 Å². The Morgan fingerprint density at radius 1 is 0.547 bits per heavy atom. The molecule has 0 aromatic rings. The number of carbonyl (C=O) groups is 8. The van der Waals surface area contributed by atoms with Crippen LogP contribution in [0.2, 0.25) is 0 Å². The van der Waals surface area contributed by atoms with E-state index in [2.05, 4.69) is 0 Å². The lowest BCUT2D eigenvalue weighted by atomic mass is 9.81. The monoisotopic (exact) mass is 896 g/mol. The first-order valence-corrected chi connectivity index (χ1v) is 22.2. The third kappa shape index (κ3) is 19.6. The van der Waals surface area contributed by atoms with Crippen LogP contribution in [0.1, 0.15) is 110 Å². The third-order valence-corrected chi connectivity index (χ3v) is 11.5. The number of rotatable bonds is 20. The van der Waals surface area contributed by atoms with Gasteiger partial charge in [-0.3, -0.25) is 28.8 Å². The van der Waals surface area contributed by atoms with Crippen molar-refractivity contribution in [1.82, 2.24) is 0 Å². The molecule has 1 aliphatic heterocycles. The fraction of sp³-hybridized carbons (Fsp3) is 0.600. The maximum Gasteiger partial charge on any atom is 0.331 e. The highest BCUT2D eigenvalue weighted by atomic mass is 16.6. The number of esters is 6. The van der Waals surface area contributed by atoms with Crippen molar-refractivity contribution in [2.45, 2.75) is 146 Å². The summed E-state index contributed by atoms with van der Waals surface area (Å²) >= 11 is 0. The number of allylic oxidation sites excluding steroid dienone is 6. The van der Waals surface area contributed by atoms with E-state index in [0.29, 0.717) is 12.8 Å². The van der Waals surface area contributed by atoms with Crippen LogP contribution in [0.5, 0.6) is 0 Å². The van der Waals surface area contributed by atoms with Crippen LogP contribution < -0.4 is 0 Å². The molecule has 14 nitrogen and oxygen atoms in total. The predicted octanol–water partition coefficient (Wildman–Crippen LogP) is 7.93. The highest BCUT2D eigenvalue weighted by molar-refractivity contribution is 5.92. The van der Waals surface area contributed by atoms with E-state index in [9.17, 15) is 38.4 Å². The van der Waals surface area contributed by atoms with Crippen LogP contribution in [-0.4, -0.2) is 84.0 Å². The maximum atomic E-state index is 13.5. The topological polar surface area (TPSA) is 192 Å². The number of cyclic esters (lactones) is 2. The van der Waals surface area contributed by atoms with E-state index < -0.39 is 108 Å². The average molecular weight is 897 g/mol. The fourth-order valence-electron chi connectivity index (χ4n) is 7.80. The summed E-state index contributed by atoms with van der Waals surface area (Å²) in [5, 5.41) is 0. The Morgan fingerprint density at radius 3 is 1.14 bits per heavy atom. The summed E-state index contributed by atoms with van der Waals surface area (Å²) < 4.78 is 34.1. The molecule has 0 amide bonds. The van der Waals surface area contributed by atoms with Crippen LogP contribution in [0.3, 0.4) is 0 Å². The highest BCUT2D eigenvalue weighted by Gasteiger charge is 2.40. The zero-order valence-electron chi connectivity index (χ0n) is 40.1. The molecule has 1 aliphatic rings. The molecule has 0 saturated carbocycles. The number of hydrogen-bond acceptors (Lipinski definition) is 14. The normalized spacial score (nSPS) is 25.3. The van der Waals surface area contributed by atoms with Gasteiger partial charge in [-0.15, -0.1) is 0 Å². The van der Waals surface area contributed by atoms with Crippen LogP contribution in [0.15, 0.2) is 72.9 Å². The van der Waals surface area contributed by atoms with Gasteiger partial charge in [0, 0.05) is 75.4 Å². The Morgan fingerprint density at radius 2 is 0.859 bits per heavy atom. The molecule has 0 aromatic heterocycles. The smallest absolute Gasteiger partial charge is 0.331 e. The quantitative estimate of drug-likeness (QED) is 0.0650. The molecule has 14 heteroatoms. The van der Waals surface area contributed by atoms with Gasteiger partial charge in [0.25, 0.3) is 0 Å². The minimum Gasteiger partial charge on any atom is -0.462 e. The summed E-state index contributed by atoms with van der Waals surface area (Å²) in [6, 6.07) is 0. The third-order valence-electron chi connectivity index (χ3n) is 11.5. The van der Waals surface area contributed by atoms with Gasteiger partial charge in [0.05, 0.1) is 11.8 Å². The molecule has 0 saturated heterocycles. The molecule has 2 unspecified atom stereocenters. The molecular formula is C50H72O14. The molecule has 356 valence electrons. The van der Waals surface area contributed by atoms with Gasteiger partial charge in [-0.25, -0.2) is 9.59 Å². The molecule has 0 radical (unpaired) electrons. The molecule has 14 atom stereocenters. The minimum atomic E-state index is -1.01. The zero-order chi connectivity index (χ0) is 48.8. The van der Waals surface area contributed by atoms with Crippen molar-refractivity contribution in [3.05, 3.63) is 72.9 Å². The second kappa shape index (κ2) is 28.4. The standard InChI is InChI=1S/C50H72O14/c1-15-41(35(9)59-37(11)51)25-27-43(55)31(5)49(61-39(13)53)33(7)47-29(3)21-17-19-24-46(58)64-48(30(4)22-18-20-23-45(57)63-47)34(8)50(62-40(14)54)32(6)44(56)28-26-42(16-2)36(10)60-38(12)52/h17-36,41-42,47-50H,15-16H2,1-14H3/b21-17+,22-18+,23-20+,24-19+,27-25+,28-26+/t29?,30?,31-,32-,33-,34-,35-,36-,41-,42-,47+,48+,49+,50+/m1/s1. The largest absolute Gasteiger partial charge is 0.462 e. The van der Waals surface area contributed by atoms with Crippen LogP contribution in [0.4, 0.5) is 0 Å². The summed E-state index contributed by atoms with van der Waals surface area (Å²) in [5.41, 5.74) is 0. The average Bonchev–Trinajstić information content (AvgIpc) is 3.21. The Hall–Kier alpha value is -5.40. The second-order valence-corrected chi connectivity index (χ2v) is 16.7. The van der Waals surface area contributed by atoms with Gasteiger partial charge in [-0.1, -0.05) is 104 Å². The number of hydrogen-bond donors (Lipinski definition) is 0. The molecule has 0 spiro atoms. The van der Waals surface area contributed by atoms with Crippen LogP contribution in [0.25, 0.3) is 0 Å². The molecule has 1 heterocycles. The predicted molar refractivity (Wildman–Crippen MR) is 241 cm³/mol. The zero-order valence-corrected chi connectivity index (χ0v) is 40.1. The van der Waals surface area contributed by atoms with Gasteiger partial charge >= 0.3 is 35.8 Å². The fourth-order valence-corrected chi connectivity index (χ4v) is 7.80. The maximum absolute atomic E-state index is 13.5. The first-order chi connectivity index (χ1) is 29.9. The summed E-state index contributed by atoms with van der Waals surface area (Å²) in [5.74, 6) is -8.85. The Kier molecular flexibility index (Phi) is 25.1. The first-order valence-electron chi connectivity index (χ1n) is 22.2. The lowest BCUT2D eigenvalue weighted by Crippen LogP contribution is -2.44. The van der Waals surface area contributed by atoms with E-state index in [-0.39, 0.29) is 23.4 Å². The Labute approximate surface area is 379 Å². The Balaban J connectivity index is 3.51. The summed E-state index contributed by atoms with van der Waals surface area (Å²) in [6.45, 7) is 22.6. The van der Waals surface area contributed by atoms with Crippen molar-refractivity contribution in [3.8, 4) is 0 Å². The molecular weight excluding hydrogens is 825 g/mol. The molecule has 0 fully saturated rings. The molecule has 0 N–H and O–H groups in total. The minimum absolute atomic E-state index is 0.234. The molecule has 64 heavy (non-hydrogen) atoms. The highest BCUT2D eigenvalue weighted by Crippen LogP contribution is 2.31. The molecule has 0 aliphatic carbocycles. The van der Waals surface area contributed by atoms with Gasteiger partial charge in [-0.2, -0.15) is 0 Å². The van der Waals surface area contributed by atoms with E-state index in [4.69, 9.17) is 28.4 Å². The van der Waals surface area contributed by atoms with Gasteiger partial charge in [0.2, 0.25) is 0 Å². The molecule has 0 bridgehead atoms. The van der Waals surface area contributed by atoms with E-state index in [1.54, 1.807) is 91.8 Å².